The Hall–Kier alpha value is -4.53. The first-order valence-electron chi connectivity index (χ1n) is 13.6. The Morgan fingerprint density at radius 1 is 0.950 bits per heavy atom. The van der Waals surface area contributed by atoms with Gasteiger partial charge in [0, 0.05) is 12.6 Å². The van der Waals surface area contributed by atoms with Crippen molar-refractivity contribution in [2.24, 2.45) is 0 Å². The standard InChI is InChI=1S/C31H33N5O4/c1-40-31(39)24-18-16-23(17-19-24)29(30(38)32-25-12-6-3-7-13-25)35(20-22-10-4-2-5-11-22)28(37)21-36-27-15-9-8-14-26(27)33-34-36/h2,4-5,8-11,14-19,25,29H,3,6-7,12-13,20-21H2,1H3,(H,32,38)/t29-/m0/s1. The Morgan fingerprint density at radius 2 is 1.65 bits per heavy atom. The minimum Gasteiger partial charge on any atom is -0.465 e. The molecule has 1 aliphatic carbocycles. The largest absolute Gasteiger partial charge is 0.465 e. The number of esters is 1. The highest BCUT2D eigenvalue weighted by atomic mass is 16.5. The molecule has 0 saturated heterocycles. The summed E-state index contributed by atoms with van der Waals surface area (Å²) in [5.41, 5.74) is 3.29. The second-order valence-electron chi connectivity index (χ2n) is 10.1. The summed E-state index contributed by atoms with van der Waals surface area (Å²) in [7, 11) is 1.32. The second-order valence-corrected chi connectivity index (χ2v) is 10.1. The van der Waals surface area contributed by atoms with Crippen LogP contribution in [0.25, 0.3) is 11.0 Å². The van der Waals surface area contributed by atoms with Crippen molar-refractivity contribution in [3.05, 3.63) is 95.6 Å². The number of para-hydroxylation sites is 1. The number of benzene rings is 3. The molecule has 0 radical (unpaired) electrons. The van der Waals surface area contributed by atoms with Gasteiger partial charge in [0.2, 0.25) is 11.8 Å². The van der Waals surface area contributed by atoms with Gasteiger partial charge in [0.1, 0.15) is 18.1 Å². The molecule has 0 aliphatic heterocycles. The van der Waals surface area contributed by atoms with Crippen molar-refractivity contribution in [3.63, 3.8) is 0 Å². The van der Waals surface area contributed by atoms with E-state index in [0.717, 1.165) is 43.2 Å². The molecule has 5 rings (SSSR count). The van der Waals surface area contributed by atoms with Gasteiger partial charge < -0.3 is 15.0 Å². The smallest absolute Gasteiger partial charge is 0.337 e. The Morgan fingerprint density at radius 3 is 2.38 bits per heavy atom. The summed E-state index contributed by atoms with van der Waals surface area (Å²) in [6, 6.07) is 22.9. The Balaban J connectivity index is 1.52. The normalized spacial score (nSPS) is 14.4. The van der Waals surface area contributed by atoms with Crippen LogP contribution in [0.2, 0.25) is 0 Å². The molecule has 1 aromatic heterocycles. The number of nitrogens with one attached hydrogen (secondary N) is 1. The summed E-state index contributed by atoms with van der Waals surface area (Å²) in [5.74, 6) is -0.990. The molecule has 2 amide bonds. The van der Waals surface area contributed by atoms with Gasteiger partial charge in [0.15, 0.2) is 0 Å². The van der Waals surface area contributed by atoms with Crippen molar-refractivity contribution in [1.29, 1.82) is 0 Å². The Kier molecular flexibility index (Phi) is 8.49. The molecule has 1 aliphatic rings. The van der Waals surface area contributed by atoms with Gasteiger partial charge in [-0.1, -0.05) is 79.1 Å². The lowest BCUT2D eigenvalue weighted by Crippen LogP contribution is -2.47. The van der Waals surface area contributed by atoms with Crippen molar-refractivity contribution in [1.82, 2.24) is 25.2 Å². The average molecular weight is 540 g/mol. The molecule has 40 heavy (non-hydrogen) atoms. The maximum Gasteiger partial charge on any atom is 0.337 e. The first-order valence-corrected chi connectivity index (χ1v) is 13.6. The van der Waals surface area contributed by atoms with Crippen molar-refractivity contribution >= 4 is 28.8 Å². The molecule has 206 valence electrons. The zero-order valence-electron chi connectivity index (χ0n) is 22.5. The third-order valence-electron chi connectivity index (χ3n) is 7.38. The fourth-order valence-electron chi connectivity index (χ4n) is 5.28. The van der Waals surface area contributed by atoms with Gasteiger partial charge in [-0.3, -0.25) is 9.59 Å². The number of carbonyl (C=O) groups is 3. The van der Waals surface area contributed by atoms with E-state index in [4.69, 9.17) is 4.74 Å². The molecule has 0 spiro atoms. The maximum atomic E-state index is 14.1. The van der Waals surface area contributed by atoms with Crippen LogP contribution < -0.4 is 5.32 Å². The van der Waals surface area contributed by atoms with E-state index in [9.17, 15) is 14.4 Å². The average Bonchev–Trinajstić information content (AvgIpc) is 3.40. The molecule has 0 unspecified atom stereocenters. The molecule has 1 fully saturated rings. The summed E-state index contributed by atoms with van der Waals surface area (Å²) in [4.78, 5) is 41.8. The van der Waals surface area contributed by atoms with Crippen LogP contribution in [0, 0.1) is 0 Å². The van der Waals surface area contributed by atoms with Crippen molar-refractivity contribution in [3.8, 4) is 0 Å². The molecule has 1 heterocycles. The summed E-state index contributed by atoms with van der Waals surface area (Å²) in [6.07, 6.45) is 5.12. The van der Waals surface area contributed by atoms with Crippen LogP contribution in [0.1, 0.15) is 59.6 Å². The van der Waals surface area contributed by atoms with Gasteiger partial charge in [-0.15, -0.1) is 5.10 Å². The number of fused-ring (bicyclic) bond motifs is 1. The number of aromatic nitrogens is 3. The SMILES string of the molecule is COC(=O)c1ccc([C@@H](C(=O)NC2CCCCC2)N(Cc2ccccc2)C(=O)Cn2nnc3ccccc32)cc1. The molecule has 1 atom stereocenters. The van der Waals surface area contributed by atoms with Crippen molar-refractivity contribution in [2.45, 2.75) is 57.3 Å². The highest BCUT2D eigenvalue weighted by Crippen LogP contribution is 2.27. The van der Waals surface area contributed by atoms with E-state index >= 15 is 0 Å². The van der Waals surface area contributed by atoms with Crippen molar-refractivity contribution < 1.29 is 19.1 Å². The predicted octanol–water partition coefficient (Wildman–Crippen LogP) is 4.44. The van der Waals surface area contributed by atoms with E-state index in [1.165, 1.54) is 7.11 Å². The molecule has 9 nitrogen and oxygen atoms in total. The Labute approximate surface area is 233 Å². The highest BCUT2D eigenvalue weighted by Gasteiger charge is 2.33. The van der Waals surface area contributed by atoms with Gasteiger partial charge in [0.25, 0.3) is 0 Å². The van der Waals surface area contributed by atoms with E-state index in [2.05, 4.69) is 15.6 Å². The highest BCUT2D eigenvalue weighted by molar-refractivity contribution is 5.91. The zero-order valence-corrected chi connectivity index (χ0v) is 22.5. The topological polar surface area (TPSA) is 106 Å². The van der Waals surface area contributed by atoms with Gasteiger partial charge in [-0.2, -0.15) is 0 Å². The lowest BCUT2D eigenvalue weighted by atomic mass is 9.94. The van der Waals surface area contributed by atoms with Crippen LogP contribution in [0.5, 0.6) is 0 Å². The van der Waals surface area contributed by atoms with Gasteiger partial charge in [-0.05, 0) is 48.2 Å². The third kappa shape index (κ3) is 6.20. The van der Waals surface area contributed by atoms with Crippen molar-refractivity contribution in [2.75, 3.05) is 7.11 Å². The molecule has 4 aromatic rings. The van der Waals surface area contributed by atoms with E-state index in [0.29, 0.717) is 16.6 Å². The third-order valence-corrected chi connectivity index (χ3v) is 7.38. The number of methoxy groups -OCH3 is 1. The molecule has 3 aromatic carbocycles. The van der Waals surface area contributed by atoms with Gasteiger partial charge in [-0.25, -0.2) is 9.48 Å². The first kappa shape index (κ1) is 27.1. The molecular weight excluding hydrogens is 506 g/mol. The predicted molar refractivity (Wildman–Crippen MR) is 150 cm³/mol. The summed E-state index contributed by atoms with van der Waals surface area (Å²) in [5, 5.41) is 11.6. The monoisotopic (exact) mass is 539 g/mol. The minimum atomic E-state index is -0.920. The zero-order chi connectivity index (χ0) is 27.9. The molecule has 0 bridgehead atoms. The molecular formula is C31H33N5O4. The van der Waals surface area contributed by atoms with Crippen LogP contribution in [-0.2, 0) is 27.4 Å². The van der Waals surface area contributed by atoms with Gasteiger partial charge >= 0.3 is 5.97 Å². The van der Waals surface area contributed by atoms with Crippen LogP contribution in [0.3, 0.4) is 0 Å². The van der Waals surface area contributed by atoms with Crippen LogP contribution in [0.15, 0.2) is 78.9 Å². The molecule has 1 N–H and O–H groups in total. The van der Waals surface area contributed by atoms with Gasteiger partial charge in [0.05, 0.1) is 18.2 Å². The number of nitrogens with zero attached hydrogens (tertiary/aromatic N) is 4. The minimum absolute atomic E-state index is 0.0611. The van der Waals surface area contributed by atoms with E-state index < -0.39 is 12.0 Å². The van der Waals surface area contributed by atoms with E-state index in [1.54, 1.807) is 33.8 Å². The number of hydrogen-bond donors (Lipinski definition) is 1. The second kappa shape index (κ2) is 12.5. The fourth-order valence-corrected chi connectivity index (χ4v) is 5.28. The van der Waals surface area contributed by atoms with Crippen LogP contribution >= 0.6 is 0 Å². The summed E-state index contributed by atoms with van der Waals surface area (Å²) < 4.78 is 6.41. The maximum absolute atomic E-state index is 14.1. The fraction of sp³-hybridized carbons (Fsp3) is 0.323. The number of amides is 2. The summed E-state index contributed by atoms with van der Waals surface area (Å²) >= 11 is 0. The van der Waals surface area contributed by atoms with Crippen LogP contribution in [-0.4, -0.2) is 50.8 Å². The van der Waals surface area contributed by atoms with Crippen LogP contribution in [0.4, 0.5) is 0 Å². The quantitative estimate of drug-likeness (QED) is 0.315. The summed E-state index contributed by atoms with van der Waals surface area (Å²) in [6.45, 7) is 0.134. The number of rotatable bonds is 9. The number of carbonyl (C=O) groups excluding carboxylic acids is 3. The number of hydrogen-bond acceptors (Lipinski definition) is 6. The van der Waals surface area contributed by atoms with E-state index in [1.807, 2.05) is 54.6 Å². The lowest BCUT2D eigenvalue weighted by molar-refractivity contribution is -0.142. The molecule has 1 saturated carbocycles. The number of ether oxygens (including phenoxy) is 1. The Bertz CT molecular complexity index is 1460. The molecule has 9 heteroatoms. The van der Waals surface area contributed by atoms with E-state index in [-0.39, 0.29) is 30.9 Å². The lowest BCUT2D eigenvalue weighted by Gasteiger charge is -2.33. The first-order chi connectivity index (χ1) is 19.5.